The zero-order valence-corrected chi connectivity index (χ0v) is 13.5. The maximum absolute atomic E-state index is 12.0. The second kappa shape index (κ2) is 7.70. The van der Waals surface area contributed by atoms with Crippen LogP contribution < -0.4 is 5.32 Å². The van der Waals surface area contributed by atoms with Crippen LogP contribution in [0, 0.1) is 5.92 Å². The van der Waals surface area contributed by atoms with E-state index in [0.29, 0.717) is 48.9 Å². The van der Waals surface area contributed by atoms with E-state index in [1.165, 1.54) is 0 Å². The summed E-state index contributed by atoms with van der Waals surface area (Å²) in [7, 11) is 0. The minimum absolute atomic E-state index is 0.158. The molecule has 0 aromatic heterocycles. The Morgan fingerprint density at radius 1 is 1.27 bits per heavy atom. The van der Waals surface area contributed by atoms with Crippen LogP contribution in [0.2, 0.25) is 10.0 Å². The van der Waals surface area contributed by atoms with Gasteiger partial charge >= 0.3 is 12.0 Å². The van der Waals surface area contributed by atoms with Gasteiger partial charge in [-0.05, 0) is 37.0 Å². The summed E-state index contributed by atoms with van der Waals surface area (Å²) >= 11 is 11.9. The molecular formula is C15H18Cl2N2O3. The van der Waals surface area contributed by atoms with E-state index >= 15 is 0 Å². The van der Waals surface area contributed by atoms with Gasteiger partial charge in [0.05, 0.1) is 5.92 Å². The molecule has 5 nitrogen and oxygen atoms in total. The number of hydrogen-bond donors (Lipinski definition) is 2. The number of carbonyl (C=O) groups is 2. The number of rotatable bonds is 4. The van der Waals surface area contributed by atoms with Crippen molar-refractivity contribution in [3.8, 4) is 0 Å². The molecular weight excluding hydrogens is 327 g/mol. The van der Waals surface area contributed by atoms with Crippen molar-refractivity contribution < 1.29 is 14.7 Å². The predicted molar refractivity (Wildman–Crippen MR) is 85.5 cm³/mol. The van der Waals surface area contributed by atoms with E-state index in [9.17, 15) is 9.59 Å². The Hall–Kier alpha value is -1.46. The number of likely N-dealkylation sites (tertiary alicyclic amines) is 1. The third-order valence-corrected chi connectivity index (χ3v) is 4.40. The largest absolute Gasteiger partial charge is 0.481 e. The lowest BCUT2D eigenvalue weighted by atomic mass is 9.97. The highest BCUT2D eigenvalue weighted by atomic mass is 35.5. The average Bonchev–Trinajstić information content (AvgIpc) is 2.49. The van der Waals surface area contributed by atoms with Gasteiger partial charge < -0.3 is 15.3 Å². The Balaban J connectivity index is 1.75. The highest BCUT2D eigenvalue weighted by molar-refractivity contribution is 6.35. The van der Waals surface area contributed by atoms with Crippen molar-refractivity contribution in [3.05, 3.63) is 33.8 Å². The van der Waals surface area contributed by atoms with Gasteiger partial charge in [0.2, 0.25) is 0 Å². The van der Waals surface area contributed by atoms with E-state index in [2.05, 4.69) is 5.32 Å². The molecule has 2 N–H and O–H groups in total. The number of halogens is 2. The molecule has 0 saturated carbocycles. The molecule has 1 aliphatic rings. The Morgan fingerprint density at radius 3 is 2.55 bits per heavy atom. The highest BCUT2D eigenvalue weighted by Crippen LogP contribution is 2.21. The Bertz CT molecular complexity index is 558. The van der Waals surface area contributed by atoms with E-state index in [-0.39, 0.29) is 11.9 Å². The monoisotopic (exact) mass is 344 g/mol. The number of nitrogens with zero attached hydrogens (tertiary/aromatic N) is 1. The standard InChI is InChI=1S/C15H18Cl2N2O3/c16-12-2-1-10(13(17)9-12)3-6-18-15(22)19-7-4-11(5-8-19)14(20)21/h1-2,9,11H,3-8H2,(H,18,22)(H,20,21). The quantitative estimate of drug-likeness (QED) is 0.881. The highest BCUT2D eigenvalue weighted by Gasteiger charge is 2.26. The topological polar surface area (TPSA) is 69.6 Å². The fraction of sp³-hybridized carbons (Fsp3) is 0.467. The number of carbonyl (C=O) groups excluding carboxylic acids is 1. The minimum Gasteiger partial charge on any atom is -0.481 e. The summed E-state index contributed by atoms with van der Waals surface area (Å²) in [5.74, 6) is -1.12. The summed E-state index contributed by atoms with van der Waals surface area (Å²) in [6.45, 7) is 1.42. The lowest BCUT2D eigenvalue weighted by Crippen LogP contribution is -2.45. The minimum atomic E-state index is -0.780. The Labute approximate surface area is 139 Å². The van der Waals surface area contributed by atoms with Crippen LogP contribution in [0.5, 0.6) is 0 Å². The molecule has 1 aromatic carbocycles. The van der Waals surface area contributed by atoms with E-state index in [4.69, 9.17) is 28.3 Å². The van der Waals surface area contributed by atoms with Crippen LogP contribution >= 0.6 is 23.2 Å². The van der Waals surface area contributed by atoms with Crippen molar-refractivity contribution in [2.75, 3.05) is 19.6 Å². The van der Waals surface area contributed by atoms with Crippen molar-refractivity contribution in [2.24, 2.45) is 5.92 Å². The molecule has 0 bridgehead atoms. The molecule has 0 aliphatic carbocycles. The molecule has 0 unspecified atom stereocenters. The summed E-state index contributed by atoms with van der Waals surface area (Å²) in [6, 6.07) is 5.13. The van der Waals surface area contributed by atoms with Crippen LogP contribution in [0.15, 0.2) is 18.2 Å². The predicted octanol–water partition coefficient (Wildman–Crippen LogP) is 3.04. The van der Waals surface area contributed by atoms with Crippen molar-refractivity contribution in [3.63, 3.8) is 0 Å². The summed E-state index contributed by atoms with van der Waals surface area (Å²) in [4.78, 5) is 24.5. The zero-order chi connectivity index (χ0) is 16.1. The number of aliphatic carboxylic acids is 1. The van der Waals surface area contributed by atoms with Gasteiger partial charge in [-0.25, -0.2) is 4.79 Å². The third-order valence-electron chi connectivity index (χ3n) is 3.82. The number of carboxylic acid groups (broad SMARTS) is 1. The lowest BCUT2D eigenvalue weighted by Gasteiger charge is -2.30. The van der Waals surface area contributed by atoms with Gasteiger partial charge in [-0.1, -0.05) is 29.3 Å². The molecule has 22 heavy (non-hydrogen) atoms. The first-order chi connectivity index (χ1) is 10.5. The number of amides is 2. The SMILES string of the molecule is O=C(O)C1CCN(C(=O)NCCc2ccc(Cl)cc2Cl)CC1. The number of urea groups is 1. The smallest absolute Gasteiger partial charge is 0.317 e. The fourth-order valence-corrected chi connectivity index (χ4v) is 2.97. The zero-order valence-electron chi connectivity index (χ0n) is 12.0. The van der Waals surface area contributed by atoms with Crippen molar-refractivity contribution in [1.82, 2.24) is 10.2 Å². The van der Waals surface area contributed by atoms with Gasteiger partial charge in [0.25, 0.3) is 0 Å². The molecule has 0 atom stereocenters. The molecule has 1 fully saturated rings. The van der Waals surface area contributed by atoms with Crippen molar-refractivity contribution in [1.29, 1.82) is 0 Å². The second-order valence-electron chi connectivity index (χ2n) is 5.32. The lowest BCUT2D eigenvalue weighted by molar-refractivity contribution is -0.143. The van der Waals surface area contributed by atoms with Gasteiger partial charge in [-0.15, -0.1) is 0 Å². The summed E-state index contributed by atoms with van der Waals surface area (Å²) < 4.78 is 0. The van der Waals surface area contributed by atoms with Crippen LogP contribution in [-0.4, -0.2) is 41.6 Å². The molecule has 0 radical (unpaired) electrons. The molecule has 1 heterocycles. The first kappa shape index (κ1) is 16.9. The molecule has 2 rings (SSSR count). The number of hydrogen-bond acceptors (Lipinski definition) is 2. The number of benzene rings is 1. The van der Waals surface area contributed by atoms with Crippen LogP contribution in [0.3, 0.4) is 0 Å². The molecule has 7 heteroatoms. The number of nitrogens with one attached hydrogen (secondary N) is 1. The Kier molecular flexibility index (Phi) is 5.91. The first-order valence-electron chi connectivity index (χ1n) is 7.17. The van der Waals surface area contributed by atoms with E-state index in [0.717, 1.165) is 5.56 Å². The maximum Gasteiger partial charge on any atom is 0.317 e. The van der Waals surface area contributed by atoms with Gasteiger partial charge in [-0.2, -0.15) is 0 Å². The van der Waals surface area contributed by atoms with E-state index < -0.39 is 5.97 Å². The fourth-order valence-electron chi connectivity index (χ4n) is 2.47. The first-order valence-corrected chi connectivity index (χ1v) is 7.92. The van der Waals surface area contributed by atoms with E-state index in [1.54, 1.807) is 17.0 Å². The van der Waals surface area contributed by atoms with Crippen molar-refractivity contribution >= 4 is 35.2 Å². The normalized spacial score (nSPS) is 15.6. The van der Waals surface area contributed by atoms with Gasteiger partial charge in [0.15, 0.2) is 0 Å². The summed E-state index contributed by atoms with van der Waals surface area (Å²) in [5.41, 5.74) is 0.927. The van der Waals surface area contributed by atoms with Crippen LogP contribution in [0.1, 0.15) is 18.4 Å². The van der Waals surface area contributed by atoms with Gasteiger partial charge in [0, 0.05) is 29.7 Å². The molecule has 0 spiro atoms. The molecule has 120 valence electrons. The van der Waals surface area contributed by atoms with Gasteiger partial charge in [0.1, 0.15) is 0 Å². The molecule has 2 amide bonds. The van der Waals surface area contributed by atoms with Crippen LogP contribution in [-0.2, 0) is 11.2 Å². The Morgan fingerprint density at radius 2 is 1.95 bits per heavy atom. The number of piperidine rings is 1. The summed E-state index contributed by atoms with van der Waals surface area (Å²) in [5, 5.41) is 12.9. The maximum atomic E-state index is 12.0. The summed E-state index contributed by atoms with van der Waals surface area (Å²) in [6.07, 6.45) is 1.63. The number of carboxylic acids is 1. The third kappa shape index (κ3) is 4.52. The molecule has 1 aromatic rings. The molecule has 1 saturated heterocycles. The average molecular weight is 345 g/mol. The van der Waals surface area contributed by atoms with E-state index in [1.807, 2.05) is 6.07 Å². The second-order valence-corrected chi connectivity index (χ2v) is 6.16. The van der Waals surface area contributed by atoms with Crippen molar-refractivity contribution in [2.45, 2.75) is 19.3 Å². The van der Waals surface area contributed by atoms with Gasteiger partial charge in [-0.3, -0.25) is 4.79 Å². The van der Waals surface area contributed by atoms with Crippen LogP contribution in [0.4, 0.5) is 4.79 Å². The molecule has 1 aliphatic heterocycles. The van der Waals surface area contributed by atoms with Crippen LogP contribution in [0.25, 0.3) is 0 Å².